The van der Waals surface area contributed by atoms with Crippen molar-refractivity contribution >= 4 is 17.9 Å². The zero-order valence-electron chi connectivity index (χ0n) is 15.1. The monoisotopic (exact) mass is 379 g/mol. The van der Waals surface area contributed by atoms with E-state index in [1.54, 1.807) is 13.1 Å². The fourth-order valence-corrected chi connectivity index (χ4v) is 3.15. The van der Waals surface area contributed by atoms with Crippen LogP contribution in [-0.2, 0) is 11.3 Å². The number of nitrogens with zero attached hydrogens (tertiary/aromatic N) is 2. The molecule has 142 valence electrons. The standard InChI is InChI=1S/C20H17N3O5/c1-23-19(24)14(6-12-2-4-15-17(7-12)27-10-25-15)22-20(23)21-9-13-3-5-16-18(8-13)28-11-26-16/h2-8H,9-11H2,1H3,(H,21,22)/b14-6-. The minimum absolute atomic E-state index is 0.151. The Morgan fingerprint density at radius 2 is 1.68 bits per heavy atom. The summed E-state index contributed by atoms with van der Waals surface area (Å²) in [6, 6.07) is 11.2. The lowest BCUT2D eigenvalue weighted by Gasteiger charge is -2.07. The third kappa shape index (κ3) is 2.88. The fourth-order valence-electron chi connectivity index (χ4n) is 3.15. The molecule has 0 bridgehead atoms. The zero-order valence-corrected chi connectivity index (χ0v) is 15.1. The van der Waals surface area contributed by atoms with Crippen molar-refractivity contribution in [3.8, 4) is 23.0 Å². The molecule has 1 saturated heterocycles. The maximum atomic E-state index is 12.5. The van der Waals surface area contributed by atoms with Crippen molar-refractivity contribution in [2.75, 3.05) is 20.6 Å². The highest BCUT2D eigenvalue weighted by Crippen LogP contribution is 2.34. The Morgan fingerprint density at radius 1 is 1.00 bits per heavy atom. The van der Waals surface area contributed by atoms with E-state index in [0.29, 0.717) is 35.4 Å². The molecule has 1 fully saturated rings. The maximum Gasteiger partial charge on any atom is 0.276 e. The minimum atomic E-state index is -0.151. The summed E-state index contributed by atoms with van der Waals surface area (Å²) in [5.41, 5.74) is 2.25. The first-order chi connectivity index (χ1) is 13.7. The van der Waals surface area contributed by atoms with Crippen molar-refractivity contribution < 1.29 is 23.7 Å². The van der Waals surface area contributed by atoms with E-state index in [9.17, 15) is 4.79 Å². The Morgan fingerprint density at radius 3 is 2.46 bits per heavy atom. The number of nitrogens with one attached hydrogen (secondary N) is 1. The van der Waals surface area contributed by atoms with Gasteiger partial charge in [0.15, 0.2) is 23.0 Å². The third-order valence-electron chi connectivity index (χ3n) is 4.66. The molecule has 1 N–H and O–H groups in total. The summed E-state index contributed by atoms with van der Waals surface area (Å²) in [7, 11) is 1.69. The van der Waals surface area contributed by atoms with Gasteiger partial charge in [-0.15, -0.1) is 0 Å². The molecular weight excluding hydrogens is 362 g/mol. The Kier molecular flexibility index (Phi) is 3.82. The molecule has 5 rings (SSSR count). The molecule has 3 heterocycles. The number of hydrogen-bond acceptors (Lipinski definition) is 6. The smallest absolute Gasteiger partial charge is 0.276 e. The van der Waals surface area contributed by atoms with Crippen molar-refractivity contribution in [3.63, 3.8) is 0 Å². The van der Waals surface area contributed by atoms with E-state index in [1.807, 2.05) is 36.4 Å². The summed E-state index contributed by atoms with van der Waals surface area (Å²) in [4.78, 5) is 18.6. The molecule has 0 unspecified atom stereocenters. The summed E-state index contributed by atoms with van der Waals surface area (Å²) in [6.45, 7) is 0.861. The van der Waals surface area contributed by atoms with E-state index >= 15 is 0 Å². The minimum Gasteiger partial charge on any atom is -0.454 e. The fraction of sp³-hybridized carbons (Fsp3) is 0.200. The second kappa shape index (κ2) is 6.49. The summed E-state index contributed by atoms with van der Waals surface area (Å²) in [6.07, 6.45) is 1.77. The first-order valence-corrected chi connectivity index (χ1v) is 8.77. The Labute approximate surface area is 161 Å². The lowest BCUT2D eigenvalue weighted by atomic mass is 10.1. The van der Waals surface area contributed by atoms with Gasteiger partial charge in [-0.1, -0.05) is 12.1 Å². The molecule has 3 aliphatic rings. The second-order valence-corrected chi connectivity index (χ2v) is 6.49. The van der Waals surface area contributed by atoms with Gasteiger partial charge in [0, 0.05) is 7.05 Å². The van der Waals surface area contributed by atoms with Crippen LogP contribution in [0.5, 0.6) is 23.0 Å². The van der Waals surface area contributed by atoms with Gasteiger partial charge >= 0.3 is 0 Å². The first-order valence-electron chi connectivity index (χ1n) is 8.77. The number of likely N-dealkylation sites (N-methyl/N-ethyl adjacent to an activating group) is 1. The van der Waals surface area contributed by atoms with Crippen LogP contribution < -0.4 is 24.3 Å². The normalized spacial score (nSPS) is 19.6. The number of fused-ring (bicyclic) bond motifs is 2. The number of rotatable bonds is 3. The molecule has 0 aliphatic carbocycles. The van der Waals surface area contributed by atoms with E-state index < -0.39 is 0 Å². The molecule has 0 atom stereocenters. The molecule has 0 saturated carbocycles. The van der Waals surface area contributed by atoms with Gasteiger partial charge in [0.2, 0.25) is 19.5 Å². The Balaban J connectivity index is 1.34. The number of aliphatic imine (C=N–C) groups is 1. The van der Waals surface area contributed by atoms with Crippen molar-refractivity contribution in [2.24, 2.45) is 4.99 Å². The molecule has 2 aromatic carbocycles. The van der Waals surface area contributed by atoms with Crippen LogP contribution in [0.25, 0.3) is 6.08 Å². The largest absolute Gasteiger partial charge is 0.454 e. The number of guanidine groups is 1. The van der Waals surface area contributed by atoms with Crippen LogP contribution in [0.1, 0.15) is 11.1 Å². The highest BCUT2D eigenvalue weighted by molar-refractivity contribution is 6.15. The van der Waals surface area contributed by atoms with E-state index in [4.69, 9.17) is 18.9 Å². The number of ether oxygens (including phenoxy) is 4. The van der Waals surface area contributed by atoms with Crippen LogP contribution in [0, 0.1) is 0 Å². The quantitative estimate of drug-likeness (QED) is 0.823. The Hall–Kier alpha value is -3.68. The topological polar surface area (TPSA) is 81.6 Å². The van der Waals surface area contributed by atoms with Gasteiger partial charge in [0.25, 0.3) is 5.91 Å². The van der Waals surface area contributed by atoms with E-state index in [0.717, 1.165) is 16.9 Å². The summed E-state index contributed by atoms with van der Waals surface area (Å²) in [5, 5.41) is 3.09. The molecule has 8 nitrogen and oxygen atoms in total. The first kappa shape index (κ1) is 16.5. The second-order valence-electron chi connectivity index (χ2n) is 6.49. The van der Waals surface area contributed by atoms with Crippen LogP contribution in [0.15, 0.2) is 47.1 Å². The molecule has 0 radical (unpaired) electrons. The molecule has 2 aromatic rings. The van der Waals surface area contributed by atoms with Crippen LogP contribution in [-0.4, -0.2) is 37.4 Å². The summed E-state index contributed by atoms with van der Waals surface area (Å²) in [5.74, 6) is 3.17. The Bertz CT molecular complexity index is 1030. The van der Waals surface area contributed by atoms with Crippen LogP contribution in [0.4, 0.5) is 0 Å². The maximum absolute atomic E-state index is 12.5. The van der Waals surface area contributed by atoms with E-state index in [1.165, 1.54) is 4.90 Å². The van der Waals surface area contributed by atoms with Gasteiger partial charge in [0.05, 0.1) is 6.54 Å². The average molecular weight is 379 g/mol. The van der Waals surface area contributed by atoms with E-state index in [2.05, 4.69) is 10.3 Å². The van der Waals surface area contributed by atoms with E-state index in [-0.39, 0.29) is 19.5 Å². The lowest BCUT2D eigenvalue weighted by molar-refractivity contribution is -0.121. The average Bonchev–Trinajstić information content (AvgIpc) is 3.42. The van der Waals surface area contributed by atoms with Crippen LogP contribution in [0.3, 0.4) is 0 Å². The molecule has 0 aromatic heterocycles. The molecule has 8 heteroatoms. The van der Waals surface area contributed by atoms with Crippen molar-refractivity contribution in [1.29, 1.82) is 0 Å². The van der Waals surface area contributed by atoms with Gasteiger partial charge in [-0.05, 0) is 41.5 Å². The summed E-state index contributed by atoms with van der Waals surface area (Å²) < 4.78 is 21.4. The number of benzene rings is 2. The summed E-state index contributed by atoms with van der Waals surface area (Å²) >= 11 is 0. The van der Waals surface area contributed by atoms with Gasteiger partial charge in [0.1, 0.15) is 5.70 Å². The zero-order chi connectivity index (χ0) is 19.1. The molecular formula is C20H17N3O5. The number of amides is 1. The van der Waals surface area contributed by atoms with Crippen molar-refractivity contribution in [1.82, 2.24) is 10.2 Å². The third-order valence-corrected chi connectivity index (χ3v) is 4.66. The molecule has 28 heavy (non-hydrogen) atoms. The van der Waals surface area contributed by atoms with Gasteiger partial charge in [-0.25, -0.2) is 4.99 Å². The highest BCUT2D eigenvalue weighted by atomic mass is 16.7. The van der Waals surface area contributed by atoms with Crippen LogP contribution in [0.2, 0.25) is 0 Å². The van der Waals surface area contributed by atoms with Gasteiger partial charge in [-0.2, -0.15) is 0 Å². The van der Waals surface area contributed by atoms with Gasteiger partial charge < -0.3 is 24.3 Å². The number of hydrogen-bond donors (Lipinski definition) is 1. The molecule has 0 spiro atoms. The van der Waals surface area contributed by atoms with Crippen molar-refractivity contribution in [3.05, 3.63) is 53.2 Å². The lowest BCUT2D eigenvalue weighted by Crippen LogP contribution is -2.28. The van der Waals surface area contributed by atoms with Crippen molar-refractivity contribution in [2.45, 2.75) is 6.54 Å². The van der Waals surface area contributed by atoms with Crippen LogP contribution >= 0.6 is 0 Å². The molecule has 1 amide bonds. The predicted octanol–water partition coefficient (Wildman–Crippen LogP) is 2.10. The SMILES string of the molecule is CN1C(=O)/C(=C/c2ccc3c(c2)OCO3)NC1=NCc1ccc2c(c1)OCO2. The molecule has 3 aliphatic heterocycles. The number of carbonyl (C=O) groups is 1. The van der Waals surface area contributed by atoms with Gasteiger partial charge in [-0.3, -0.25) is 9.69 Å². The highest BCUT2D eigenvalue weighted by Gasteiger charge is 2.28. The predicted molar refractivity (Wildman–Crippen MR) is 100 cm³/mol. The number of carbonyl (C=O) groups excluding carboxylic acids is 1.